The Labute approximate surface area is 215 Å². The van der Waals surface area contributed by atoms with Crippen LogP contribution >= 0.6 is 0 Å². The first-order chi connectivity index (χ1) is 18.1. The smallest absolute Gasteiger partial charge is 0.174 e. The van der Waals surface area contributed by atoms with E-state index in [2.05, 4.69) is 39.4 Å². The summed E-state index contributed by atoms with van der Waals surface area (Å²) in [5.41, 5.74) is 4.37. The van der Waals surface area contributed by atoms with Crippen molar-refractivity contribution in [3.05, 3.63) is 101 Å². The molecule has 1 saturated heterocycles. The standard InChI is InChI=1S/C29H29F2N5O/c30-21-9-10-27(24(31)17-21)37-23-11-15-36(16-12-23)29-28(32-22-7-4-8-22)33-26-19-35(14-13-25(26)34-29)18-20-5-2-1-3-6-20/h1-10,17,23H,11-16,18-19H2,(H,32,33). The Morgan fingerprint density at radius 1 is 0.973 bits per heavy atom. The summed E-state index contributed by atoms with van der Waals surface area (Å²) in [5.74, 6) is 0.435. The average molecular weight is 502 g/mol. The van der Waals surface area contributed by atoms with Gasteiger partial charge in [-0.25, -0.2) is 18.7 Å². The van der Waals surface area contributed by atoms with Crippen molar-refractivity contribution in [2.45, 2.75) is 38.5 Å². The molecule has 190 valence electrons. The largest absolute Gasteiger partial charge is 0.487 e. The van der Waals surface area contributed by atoms with E-state index >= 15 is 0 Å². The zero-order valence-corrected chi connectivity index (χ0v) is 20.5. The molecule has 0 bridgehead atoms. The third-order valence-corrected chi connectivity index (χ3v) is 7.06. The number of fused-ring (bicyclic) bond motifs is 1. The van der Waals surface area contributed by atoms with Crippen LogP contribution in [0.3, 0.4) is 0 Å². The molecule has 0 saturated carbocycles. The summed E-state index contributed by atoms with van der Waals surface area (Å²) in [7, 11) is 0. The Morgan fingerprint density at radius 3 is 2.51 bits per heavy atom. The number of halogens is 2. The predicted octanol–water partition coefficient (Wildman–Crippen LogP) is 5.23. The molecule has 1 aromatic heterocycles. The van der Waals surface area contributed by atoms with Gasteiger partial charge in [-0.3, -0.25) is 4.90 Å². The van der Waals surface area contributed by atoms with Gasteiger partial charge < -0.3 is 15.0 Å². The maximum Gasteiger partial charge on any atom is 0.174 e. The van der Waals surface area contributed by atoms with Crippen molar-refractivity contribution in [1.82, 2.24) is 14.9 Å². The third kappa shape index (κ3) is 5.34. The van der Waals surface area contributed by atoms with Crippen molar-refractivity contribution in [2.75, 3.05) is 29.9 Å². The number of nitrogens with one attached hydrogen (secondary N) is 1. The van der Waals surface area contributed by atoms with Crippen molar-refractivity contribution >= 4 is 11.6 Å². The minimum absolute atomic E-state index is 0.0968. The molecule has 1 N–H and O–H groups in total. The summed E-state index contributed by atoms with van der Waals surface area (Å²) < 4.78 is 33.1. The topological polar surface area (TPSA) is 53.5 Å². The van der Waals surface area contributed by atoms with E-state index in [-0.39, 0.29) is 11.9 Å². The van der Waals surface area contributed by atoms with Gasteiger partial charge in [-0.2, -0.15) is 0 Å². The highest BCUT2D eigenvalue weighted by Gasteiger charge is 2.28. The predicted molar refractivity (Wildman–Crippen MR) is 139 cm³/mol. The number of hydrogen-bond acceptors (Lipinski definition) is 6. The van der Waals surface area contributed by atoms with Crippen LogP contribution in [-0.4, -0.2) is 40.6 Å². The van der Waals surface area contributed by atoms with Gasteiger partial charge in [0.05, 0.1) is 11.4 Å². The van der Waals surface area contributed by atoms with Crippen LogP contribution in [0.15, 0.2) is 72.5 Å². The summed E-state index contributed by atoms with van der Waals surface area (Å²) in [6.07, 6.45) is 8.17. The minimum Gasteiger partial charge on any atom is -0.487 e. The maximum atomic E-state index is 14.1. The highest BCUT2D eigenvalue weighted by molar-refractivity contribution is 5.66. The van der Waals surface area contributed by atoms with Crippen molar-refractivity contribution < 1.29 is 13.5 Å². The van der Waals surface area contributed by atoms with Crippen LogP contribution in [0.4, 0.5) is 20.4 Å². The Hall–Kier alpha value is -3.78. The highest BCUT2D eigenvalue weighted by Crippen LogP contribution is 2.32. The molecule has 3 aromatic rings. The normalized spacial score (nSPS) is 17.7. The number of nitrogens with zero attached hydrogens (tertiary/aromatic N) is 4. The van der Waals surface area contributed by atoms with Gasteiger partial charge in [0, 0.05) is 63.7 Å². The van der Waals surface area contributed by atoms with Crippen LogP contribution in [0.25, 0.3) is 0 Å². The minimum atomic E-state index is -0.669. The third-order valence-electron chi connectivity index (χ3n) is 7.06. The lowest BCUT2D eigenvalue weighted by molar-refractivity contribution is 0.163. The van der Waals surface area contributed by atoms with Crippen LogP contribution in [0.5, 0.6) is 5.75 Å². The number of allylic oxidation sites excluding steroid dienone is 3. The molecule has 0 radical (unpaired) electrons. The number of anilines is 2. The molecule has 1 aliphatic carbocycles. The van der Waals surface area contributed by atoms with Crippen LogP contribution < -0.4 is 15.0 Å². The second-order valence-corrected chi connectivity index (χ2v) is 9.72. The summed E-state index contributed by atoms with van der Waals surface area (Å²) in [4.78, 5) is 14.8. The van der Waals surface area contributed by atoms with Gasteiger partial charge in [-0.1, -0.05) is 36.4 Å². The fraction of sp³-hybridized carbons (Fsp3) is 0.310. The number of ether oxygens (including phenoxy) is 1. The van der Waals surface area contributed by atoms with E-state index in [4.69, 9.17) is 14.7 Å². The molecule has 2 aromatic carbocycles. The van der Waals surface area contributed by atoms with Crippen LogP contribution in [0.2, 0.25) is 0 Å². The van der Waals surface area contributed by atoms with Crippen molar-refractivity contribution in [3.8, 4) is 5.75 Å². The van der Waals surface area contributed by atoms with E-state index in [0.717, 1.165) is 60.8 Å². The molecule has 3 heterocycles. The molecule has 2 aliphatic heterocycles. The van der Waals surface area contributed by atoms with E-state index in [9.17, 15) is 8.78 Å². The number of piperidine rings is 1. The van der Waals surface area contributed by atoms with Crippen LogP contribution in [0.1, 0.15) is 29.8 Å². The molecule has 0 unspecified atom stereocenters. The van der Waals surface area contributed by atoms with Gasteiger partial charge in [0.15, 0.2) is 23.2 Å². The molecule has 0 atom stereocenters. The number of rotatable bonds is 7. The summed E-state index contributed by atoms with van der Waals surface area (Å²) in [6.45, 7) is 4.02. The second-order valence-electron chi connectivity index (χ2n) is 9.72. The number of hydrogen-bond donors (Lipinski definition) is 1. The molecule has 1 fully saturated rings. The lowest BCUT2D eigenvalue weighted by Crippen LogP contribution is -2.40. The van der Waals surface area contributed by atoms with Crippen LogP contribution in [0, 0.1) is 11.6 Å². The Kier molecular flexibility index (Phi) is 6.57. The molecule has 0 amide bonds. The first-order valence-corrected chi connectivity index (χ1v) is 12.8. The fourth-order valence-corrected chi connectivity index (χ4v) is 5.01. The van der Waals surface area contributed by atoms with Crippen molar-refractivity contribution in [3.63, 3.8) is 0 Å². The SMILES string of the molecule is Fc1ccc(OC2CCN(c3nc4c(nc3NC3=CC=C3)CN(Cc3ccccc3)CC4)CC2)c(F)c1. The molecular weight excluding hydrogens is 472 g/mol. The highest BCUT2D eigenvalue weighted by atomic mass is 19.1. The van der Waals surface area contributed by atoms with Crippen molar-refractivity contribution in [1.29, 1.82) is 0 Å². The second kappa shape index (κ2) is 10.3. The monoisotopic (exact) mass is 501 g/mol. The lowest BCUT2D eigenvalue weighted by atomic mass is 10.1. The summed E-state index contributed by atoms with van der Waals surface area (Å²) in [6, 6.07) is 13.9. The van der Waals surface area contributed by atoms with Gasteiger partial charge in [-0.15, -0.1) is 0 Å². The summed E-state index contributed by atoms with van der Waals surface area (Å²) >= 11 is 0. The van der Waals surface area contributed by atoms with E-state index in [1.807, 2.05) is 24.3 Å². The van der Waals surface area contributed by atoms with Gasteiger partial charge in [-0.05, 0) is 29.8 Å². The fourth-order valence-electron chi connectivity index (χ4n) is 5.01. The molecule has 37 heavy (non-hydrogen) atoms. The first-order valence-electron chi connectivity index (χ1n) is 12.8. The van der Waals surface area contributed by atoms with E-state index < -0.39 is 11.6 Å². The lowest BCUT2D eigenvalue weighted by Gasteiger charge is -2.35. The maximum absolute atomic E-state index is 14.1. The molecular formula is C29H29F2N5O. The molecule has 6 rings (SSSR count). The Morgan fingerprint density at radius 2 is 1.78 bits per heavy atom. The summed E-state index contributed by atoms with van der Waals surface area (Å²) in [5, 5.41) is 3.45. The molecule has 3 aliphatic rings. The molecule has 8 heteroatoms. The Balaban J connectivity index is 1.17. The number of benzene rings is 2. The van der Waals surface area contributed by atoms with E-state index in [1.54, 1.807) is 0 Å². The first kappa shape index (κ1) is 23.6. The molecule has 6 nitrogen and oxygen atoms in total. The quantitative estimate of drug-likeness (QED) is 0.479. The van der Waals surface area contributed by atoms with E-state index in [1.165, 1.54) is 17.7 Å². The zero-order valence-electron chi connectivity index (χ0n) is 20.5. The van der Waals surface area contributed by atoms with Crippen molar-refractivity contribution in [2.24, 2.45) is 0 Å². The Bertz CT molecular complexity index is 1340. The molecule has 0 spiro atoms. The van der Waals surface area contributed by atoms with Gasteiger partial charge in [0.2, 0.25) is 0 Å². The van der Waals surface area contributed by atoms with E-state index in [0.29, 0.717) is 25.9 Å². The number of aromatic nitrogens is 2. The van der Waals surface area contributed by atoms with Gasteiger partial charge in [0.1, 0.15) is 11.9 Å². The van der Waals surface area contributed by atoms with Gasteiger partial charge >= 0.3 is 0 Å². The van der Waals surface area contributed by atoms with Gasteiger partial charge in [0.25, 0.3) is 0 Å². The van der Waals surface area contributed by atoms with Crippen LogP contribution in [-0.2, 0) is 19.5 Å². The zero-order chi connectivity index (χ0) is 25.2. The average Bonchev–Trinajstić information content (AvgIpc) is 2.88.